The van der Waals surface area contributed by atoms with Crippen LogP contribution in [0.25, 0.3) is 0 Å². The number of aliphatic hydroxyl groups excluding tert-OH is 1. The van der Waals surface area contributed by atoms with E-state index in [1.165, 1.54) is 6.42 Å². The fourth-order valence-corrected chi connectivity index (χ4v) is 3.84. The van der Waals surface area contributed by atoms with Gasteiger partial charge in [0.05, 0.1) is 19.3 Å². The summed E-state index contributed by atoms with van der Waals surface area (Å²) in [4.78, 5) is 2.47. The molecule has 4 unspecified atom stereocenters. The summed E-state index contributed by atoms with van der Waals surface area (Å²) in [5.74, 6) is 1.12. The number of ether oxygens (including phenoxy) is 2. The van der Waals surface area contributed by atoms with Crippen molar-refractivity contribution in [3.63, 3.8) is 0 Å². The van der Waals surface area contributed by atoms with Crippen LogP contribution in [-0.2, 0) is 9.47 Å². The highest BCUT2D eigenvalue weighted by Crippen LogP contribution is 2.39. The van der Waals surface area contributed by atoms with Crippen LogP contribution in [0.4, 0.5) is 0 Å². The van der Waals surface area contributed by atoms with Gasteiger partial charge in [0, 0.05) is 25.4 Å². The molecular weight excluding hydrogens is 242 g/mol. The van der Waals surface area contributed by atoms with E-state index in [1.807, 2.05) is 0 Å². The zero-order chi connectivity index (χ0) is 13.5. The van der Waals surface area contributed by atoms with E-state index in [9.17, 15) is 5.11 Å². The van der Waals surface area contributed by atoms with Crippen LogP contribution in [0.1, 0.15) is 39.5 Å². The number of rotatable bonds is 1. The Balaban J connectivity index is 1.68. The van der Waals surface area contributed by atoms with Crippen LogP contribution in [0.15, 0.2) is 0 Å². The zero-order valence-corrected chi connectivity index (χ0v) is 12.2. The number of likely N-dealkylation sites (tertiary alicyclic amines) is 1. The summed E-state index contributed by atoms with van der Waals surface area (Å²) in [5.41, 5.74) is 0. The van der Waals surface area contributed by atoms with Gasteiger partial charge in [-0.2, -0.15) is 0 Å². The molecule has 19 heavy (non-hydrogen) atoms. The highest BCUT2D eigenvalue weighted by molar-refractivity contribution is 4.94. The second kappa shape index (κ2) is 5.32. The highest BCUT2D eigenvalue weighted by Gasteiger charge is 2.47. The average Bonchev–Trinajstić information content (AvgIpc) is 2.85. The SMILES string of the molecule is CC1CCN(C2CC3(CCC2O)OCCO3)CC1C. The third kappa shape index (κ3) is 2.68. The van der Waals surface area contributed by atoms with Crippen LogP contribution in [0, 0.1) is 11.8 Å². The van der Waals surface area contributed by atoms with Crippen molar-refractivity contribution in [3.05, 3.63) is 0 Å². The fourth-order valence-electron chi connectivity index (χ4n) is 3.84. The number of nitrogens with zero attached hydrogens (tertiary/aromatic N) is 1. The largest absolute Gasteiger partial charge is 0.391 e. The van der Waals surface area contributed by atoms with Crippen molar-refractivity contribution in [2.24, 2.45) is 11.8 Å². The van der Waals surface area contributed by atoms with Crippen LogP contribution >= 0.6 is 0 Å². The van der Waals surface area contributed by atoms with E-state index in [0.717, 1.165) is 38.3 Å². The molecule has 2 heterocycles. The molecule has 4 heteroatoms. The molecule has 3 aliphatic rings. The Kier molecular flexibility index (Phi) is 3.87. The van der Waals surface area contributed by atoms with E-state index in [4.69, 9.17) is 9.47 Å². The van der Waals surface area contributed by atoms with Crippen molar-refractivity contribution >= 4 is 0 Å². The van der Waals surface area contributed by atoms with Gasteiger partial charge in [-0.1, -0.05) is 13.8 Å². The first-order valence-electron chi connectivity index (χ1n) is 7.80. The van der Waals surface area contributed by atoms with Gasteiger partial charge in [0.2, 0.25) is 0 Å². The van der Waals surface area contributed by atoms with Gasteiger partial charge in [-0.05, 0) is 31.2 Å². The Morgan fingerprint density at radius 1 is 1.11 bits per heavy atom. The summed E-state index contributed by atoms with van der Waals surface area (Å²) < 4.78 is 11.7. The van der Waals surface area contributed by atoms with Crippen molar-refractivity contribution < 1.29 is 14.6 Å². The highest BCUT2D eigenvalue weighted by atomic mass is 16.7. The fraction of sp³-hybridized carbons (Fsp3) is 1.00. The molecule has 0 aromatic carbocycles. The second-order valence-corrected chi connectivity index (χ2v) is 6.72. The Hall–Kier alpha value is -0.160. The minimum Gasteiger partial charge on any atom is -0.391 e. The molecule has 0 aromatic rings. The minimum absolute atomic E-state index is 0.210. The van der Waals surface area contributed by atoms with E-state index in [2.05, 4.69) is 18.7 Å². The molecule has 4 nitrogen and oxygen atoms in total. The predicted octanol–water partition coefficient (Wildman–Crippen LogP) is 1.62. The molecule has 4 atom stereocenters. The molecule has 0 aromatic heterocycles. The molecule has 2 saturated heterocycles. The van der Waals surface area contributed by atoms with Gasteiger partial charge in [0.1, 0.15) is 0 Å². The summed E-state index contributed by atoms with van der Waals surface area (Å²) in [7, 11) is 0. The molecule has 0 amide bonds. The lowest BCUT2D eigenvalue weighted by molar-refractivity contribution is -0.207. The third-order valence-electron chi connectivity index (χ3n) is 5.43. The molecule has 2 aliphatic heterocycles. The number of hydrogen-bond donors (Lipinski definition) is 1. The van der Waals surface area contributed by atoms with Crippen LogP contribution in [0.2, 0.25) is 0 Å². The van der Waals surface area contributed by atoms with Gasteiger partial charge in [0.25, 0.3) is 0 Å². The summed E-state index contributed by atoms with van der Waals surface area (Å²) in [6, 6.07) is 0.210. The first kappa shape index (κ1) is 13.8. The maximum atomic E-state index is 10.4. The zero-order valence-electron chi connectivity index (χ0n) is 12.2. The van der Waals surface area contributed by atoms with Crippen LogP contribution in [-0.4, -0.2) is 54.2 Å². The lowest BCUT2D eigenvalue weighted by Gasteiger charge is -2.47. The summed E-state index contributed by atoms with van der Waals surface area (Å²) in [5, 5.41) is 10.4. The second-order valence-electron chi connectivity index (χ2n) is 6.72. The summed E-state index contributed by atoms with van der Waals surface area (Å²) >= 11 is 0. The van der Waals surface area contributed by atoms with E-state index in [0.29, 0.717) is 19.1 Å². The van der Waals surface area contributed by atoms with Crippen molar-refractivity contribution in [2.45, 2.75) is 57.5 Å². The lowest BCUT2D eigenvalue weighted by Crippen LogP contribution is -2.56. The van der Waals surface area contributed by atoms with Gasteiger partial charge in [0.15, 0.2) is 5.79 Å². The maximum Gasteiger partial charge on any atom is 0.170 e. The first-order valence-corrected chi connectivity index (χ1v) is 7.80. The number of piperidine rings is 1. The van der Waals surface area contributed by atoms with E-state index in [-0.39, 0.29) is 12.1 Å². The van der Waals surface area contributed by atoms with Crippen LogP contribution < -0.4 is 0 Å². The number of aliphatic hydroxyl groups is 1. The van der Waals surface area contributed by atoms with E-state index >= 15 is 0 Å². The monoisotopic (exact) mass is 269 g/mol. The lowest BCUT2D eigenvalue weighted by atomic mass is 9.82. The first-order chi connectivity index (χ1) is 9.10. The molecule has 0 bridgehead atoms. The third-order valence-corrected chi connectivity index (χ3v) is 5.43. The van der Waals surface area contributed by atoms with Crippen molar-refractivity contribution in [2.75, 3.05) is 26.3 Å². The quantitative estimate of drug-likeness (QED) is 0.785. The van der Waals surface area contributed by atoms with Crippen molar-refractivity contribution in [1.29, 1.82) is 0 Å². The minimum atomic E-state index is -0.393. The molecule has 1 N–H and O–H groups in total. The van der Waals surface area contributed by atoms with Crippen LogP contribution in [0.5, 0.6) is 0 Å². The molecule has 0 radical (unpaired) electrons. The average molecular weight is 269 g/mol. The van der Waals surface area contributed by atoms with Gasteiger partial charge < -0.3 is 14.6 Å². The standard InChI is InChI=1S/C15H27NO3/c1-11-4-6-16(10-12(11)2)13-9-15(5-3-14(13)17)18-7-8-19-15/h11-14,17H,3-10H2,1-2H3. The van der Waals surface area contributed by atoms with E-state index in [1.54, 1.807) is 0 Å². The Morgan fingerprint density at radius 2 is 1.84 bits per heavy atom. The Morgan fingerprint density at radius 3 is 2.53 bits per heavy atom. The molecule has 3 fully saturated rings. The summed E-state index contributed by atoms with van der Waals surface area (Å²) in [6.45, 7) is 8.27. The molecule has 1 spiro atoms. The molecule has 3 rings (SSSR count). The molecule has 110 valence electrons. The van der Waals surface area contributed by atoms with Gasteiger partial charge in [-0.15, -0.1) is 0 Å². The smallest absolute Gasteiger partial charge is 0.170 e. The Labute approximate surface area is 116 Å². The van der Waals surface area contributed by atoms with E-state index < -0.39 is 5.79 Å². The van der Waals surface area contributed by atoms with Gasteiger partial charge in [-0.25, -0.2) is 0 Å². The van der Waals surface area contributed by atoms with Crippen molar-refractivity contribution in [1.82, 2.24) is 4.90 Å². The number of hydrogen-bond acceptors (Lipinski definition) is 4. The molecular formula is C15H27NO3. The predicted molar refractivity (Wildman–Crippen MR) is 72.8 cm³/mol. The van der Waals surface area contributed by atoms with Crippen LogP contribution in [0.3, 0.4) is 0 Å². The van der Waals surface area contributed by atoms with Crippen molar-refractivity contribution in [3.8, 4) is 0 Å². The Bertz CT molecular complexity index is 317. The maximum absolute atomic E-state index is 10.4. The summed E-state index contributed by atoms with van der Waals surface area (Å²) in [6.07, 6.45) is 3.48. The normalized spacial score (nSPS) is 43.7. The molecule has 1 saturated carbocycles. The topological polar surface area (TPSA) is 41.9 Å². The van der Waals surface area contributed by atoms with Gasteiger partial charge >= 0.3 is 0 Å². The molecule has 1 aliphatic carbocycles. The van der Waals surface area contributed by atoms with Gasteiger partial charge in [-0.3, -0.25) is 4.90 Å².